The van der Waals surface area contributed by atoms with Gasteiger partial charge in [0.2, 0.25) is 17.7 Å². The average Bonchev–Trinajstić information content (AvgIpc) is 3.50. The molecule has 0 radical (unpaired) electrons. The van der Waals surface area contributed by atoms with Crippen LogP contribution in [0.1, 0.15) is 35.1 Å². The van der Waals surface area contributed by atoms with Gasteiger partial charge >= 0.3 is 0 Å². The summed E-state index contributed by atoms with van der Waals surface area (Å²) in [5.41, 5.74) is 2.82. The molecule has 174 valence electrons. The Labute approximate surface area is 195 Å². The van der Waals surface area contributed by atoms with Crippen LogP contribution in [0.25, 0.3) is 0 Å². The summed E-state index contributed by atoms with van der Waals surface area (Å²) in [5.74, 6) is -2.67. The first kappa shape index (κ1) is 21.0. The van der Waals surface area contributed by atoms with Gasteiger partial charge in [0, 0.05) is 29.4 Å². The zero-order valence-corrected chi connectivity index (χ0v) is 19.1. The second kappa shape index (κ2) is 6.73. The van der Waals surface area contributed by atoms with Crippen molar-refractivity contribution < 1.29 is 19.3 Å². The molecule has 3 amide bonds. The standard InChI is InChI=1S/C25H24N4O5/c1-12-7-9-16-21(14(12)3)26-24(32)25(16)20-19(17-5-4-10-27(17)25)22(30)28(23(20)31)18-11-15(29(33)34)8-6-13(18)2/h6-9,11,17,19-20H,4-5,10H2,1-3H3,(H,26,32)/t17-,19-,20-,25-/m1/s1. The van der Waals surface area contributed by atoms with Gasteiger partial charge in [-0.15, -0.1) is 0 Å². The molecule has 1 spiro atoms. The first-order chi connectivity index (χ1) is 16.2. The van der Waals surface area contributed by atoms with E-state index in [0.717, 1.165) is 40.1 Å². The first-order valence-electron chi connectivity index (χ1n) is 11.5. The molecule has 1 N–H and O–H groups in total. The lowest BCUT2D eigenvalue weighted by Gasteiger charge is -2.36. The van der Waals surface area contributed by atoms with Gasteiger partial charge in [-0.1, -0.05) is 18.2 Å². The second-order valence-corrected chi connectivity index (χ2v) is 9.80. The van der Waals surface area contributed by atoms with Gasteiger partial charge in [0.25, 0.3) is 5.69 Å². The predicted molar refractivity (Wildman–Crippen MR) is 123 cm³/mol. The number of anilines is 2. The summed E-state index contributed by atoms with van der Waals surface area (Å²) in [7, 11) is 0. The van der Waals surface area contributed by atoms with E-state index < -0.39 is 28.2 Å². The molecule has 0 unspecified atom stereocenters. The highest BCUT2D eigenvalue weighted by Gasteiger charge is 2.74. The average molecular weight is 460 g/mol. The maximum atomic E-state index is 14.1. The number of fused-ring (bicyclic) bond motifs is 7. The Morgan fingerprint density at radius 1 is 1.06 bits per heavy atom. The van der Waals surface area contributed by atoms with Crippen LogP contribution in [0.2, 0.25) is 0 Å². The first-order valence-corrected chi connectivity index (χ1v) is 11.5. The smallest absolute Gasteiger partial charge is 0.271 e. The lowest BCUT2D eigenvalue weighted by Crippen LogP contribution is -2.54. The number of nitro benzene ring substituents is 1. The van der Waals surface area contributed by atoms with Crippen molar-refractivity contribution >= 4 is 34.8 Å². The molecule has 3 saturated heterocycles. The maximum absolute atomic E-state index is 14.1. The van der Waals surface area contributed by atoms with Crippen molar-refractivity contribution in [2.75, 3.05) is 16.8 Å². The molecule has 9 nitrogen and oxygen atoms in total. The van der Waals surface area contributed by atoms with E-state index in [9.17, 15) is 24.5 Å². The lowest BCUT2D eigenvalue weighted by molar-refractivity contribution is -0.384. The largest absolute Gasteiger partial charge is 0.324 e. The van der Waals surface area contributed by atoms with E-state index in [-0.39, 0.29) is 29.2 Å². The topological polar surface area (TPSA) is 113 Å². The van der Waals surface area contributed by atoms with Gasteiger partial charge in [-0.25, -0.2) is 4.90 Å². The van der Waals surface area contributed by atoms with Gasteiger partial charge in [0.15, 0.2) is 0 Å². The van der Waals surface area contributed by atoms with Gasteiger partial charge in [-0.3, -0.25) is 29.4 Å². The Morgan fingerprint density at radius 3 is 2.53 bits per heavy atom. The van der Waals surface area contributed by atoms with E-state index in [1.165, 1.54) is 12.1 Å². The summed E-state index contributed by atoms with van der Waals surface area (Å²) < 4.78 is 0. The molecule has 6 rings (SSSR count). The summed E-state index contributed by atoms with van der Waals surface area (Å²) in [6.45, 7) is 6.27. The third-order valence-electron chi connectivity index (χ3n) is 8.34. The van der Waals surface area contributed by atoms with E-state index in [4.69, 9.17) is 0 Å². The highest BCUT2D eigenvalue weighted by Crippen LogP contribution is 2.61. The van der Waals surface area contributed by atoms with Gasteiger partial charge < -0.3 is 5.32 Å². The van der Waals surface area contributed by atoms with Crippen LogP contribution in [0.5, 0.6) is 0 Å². The number of hydrogen-bond acceptors (Lipinski definition) is 6. The molecule has 3 fully saturated rings. The van der Waals surface area contributed by atoms with Gasteiger partial charge in [-0.05, 0) is 56.8 Å². The molecular formula is C25H24N4O5. The number of non-ortho nitro benzene ring substituents is 1. The molecule has 4 aliphatic rings. The Hall–Kier alpha value is -3.59. The van der Waals surface area contributed by atoms with Gasteiger partial charge in [0.05, 0.1) is 22.4 Å². The molecular weight excluding hydrogens is 436 g/mol. The third-order valence-corrected chi connectivity index (χ3v) is 8.34. The molecule has 4 heterocycles. The summed E-state index contributed by atoms with van der Waals surface area (Å²) in [5, 5.41) is 14.4. The monoisotopic (exact) mass is 460 g/mol. The number of hydrogen-bond donors (Lipinski definition) is 1. The molecule has 0 aromatic heterocycles. The quantitative estimate of drug-likeness (QED) is 0.419. The summed E-state index contributed by atoms with van der Waals surface area (Å²) in [6, 6.07) is 7.82. The van der Waals surface area contributed by atoms with Crippen LogP contribution in [0.4, 0.5) is 17.1 Å². The third kappa shape index (κ3) is 2.30. The molecule has 9 heteroatoms. The van der Waals surface area contributed by atoms with E-state index >= 15 is 0 Å². The fourth-order valence-electron chi connectivity index (χ4n) is 6.71. The molecule has 4 atom stereocenters. The lowest BCUT2D eigenvalue weighted by atomic mass is 9.75. The van der Waals surface area contributed by atoms with Crippen LogP contribution in [-0.4, -0.2) is 40.1 Å². The number of nitrogens with one attached hydrogen (secondary N) is 1. The summed E-state index contributed by atoms with van der Waals surface area (Å²) in [4.78, 5) is 55.7. The molecule has 0 saturated carbocycles. The van der Waals surface area contributed by atoms with Gasteiger partial charge in [0.1, 0.15) is 5.54 Å². The van der Waals surface area contributed by atoms with Crippen molar-refractivity contribution in [1.82, 2.24) is 4.90 Å². The fourth-order valence-corrected chi connectivity index (χ4v) is 6.71. The van der Waals surface area contributed by atoms with Crippen molar-refractivity contribution in [1.29, 1.82) is 0 Å². The van der Waals surface area contributed by atoms with Crippen LogP contribution >= 0.6 is 0 Å². The van der Waals surface area contributed by atoms with Crippen molar-refractivity contribution in [2.45, 2.75) is 45.2 Å². The number of rotatable bonds is 2. The Balaban J connectivity index is 1.56. The molecule has 2 aromatic carbocycles. The molecule has 34 heavy (non-hydrogen) atoms. The van der Waals surface area contributed by atoms with Crippen LogP contribution in [0.3, 0.4) is 0 Å². The molecule has 4 aliphatic heterocycles. The van der Waals surface area contributed by atoms with Crippen LogP contribution < -0.4 is 10.2 Å². The minimum absolute atomic E-state index is 0.189. The van der Waals surface area contributed by atoms with E-state index in [0.29, 0.717) is 12.1 Å². The van der Waals surface area contributed by atoms with Crippen LogP contribution in [0, 0.1) is 42.7 Å². The number of carbonyl (C=O) groups excluding carboxylic acids is 3. The predicted octanol–water partition coefficient (Wildman–Crippen LogP) is 2.95. The highest BCUT2D eigenvalue weighted by atomic mass is 16.6. The van der Waals surface area contributed by atoms with Crippen LogP contribution in [-0.2, 0) is 19.9 Å². The number of benzene rings is 2. The Morgan fingerprint density at radius 2 is 1.79 bits per heavy atom. The van der Waals surface area contributed by atoms with Crippen molar-refractivity contribution in [3.8, 4) is 0 Å². The molecule has 0 aliphatic carbocycles. The number of aryl methyl sites for hydroxylation is 2. The SMILES string of the molecule is Cc1ccc([N+](=O)[O-])cc1N1C(=O)[C@@H]2[C@H]3CCCN3[C@@]3(C(=O)Nc4c3ccc(C)c4C)[C@H]2C1=O. The van der Waals surface area contributed by atoms with E-state index in [1.54, 1.807) is 13.0 Å². The minimum atomic E-state index is -1.25. The maximum Gasteiger partial charge on any atom is 0.271 e. The molecule has 0 bridgehead atoms. The van der Waals surface area contributed by atoms with Crippen molar-refractivity contribution in [2.24, 2.45) is 11.8 Å². The minimum Gasteiger partial charge on any atom is -0.324 e. The summed E-state index contributed by atoms with van der Waals surface area (Å²) >= 11 is 0. The zero-order chi connectivity index (χ0) is 24.1. The molecule has 2 aromatic rings. The normalized spacial score (nSPS) is 29.6. The number of imide groups is 1. The fraction of sp³-hybridized carbons (Fsp3) is 0.400. The number of nitro groups is 1. The summed E-state index contributed by atoms with van der Waals surface area (Å²) in [6.07, 6.45) is 1.55. The zero-order valence-electron chi connectivity index (χ0n) is 19.1. The van der Waals surface area contributed by atoms with E-state index in [2.05, 4.69) is 10.2 Å². The number of carbonyl (C=O) groups is 3. The van der Waals surface area contributed by atoms with Gasteiger partial charge in [-0.2, -0.15) is 0 Å². The second-order valence-electron chi connectivity index (χ2n) is 9.80. The van der Waals surface area contributed by atoms with Crippen molar-refractivity contribution in [3.05, 3.63) is 62.7 Å². The van der Waals surface area contributed by atoms with Crippen LogP contribution in [0.15, 0.2) is 30.3 Å². The van der Waals surface area contributed by atoms with E-state index in [1.807, 2.05) is 26.0 Å². The number of amides is 3. The number of nitrogens with zero attached hydrogens (tertiary/aromatic N) is 3. The highest BCUT2D eigenvalue weighted by molar-refractivity contribution is 6.26. The Kier molecular flexibility index (Phi) is 4.15. The Bertz CT molecular complexity index is 1340. The van der Waals surface area contributed by atoms with Crippen molar-refractivity contribution in [3.63, 3.8) is 0 Å².